The Bertz CT molecular complexity index is 1060. The summed E-state index contributed by atoms with van der Waals surface area (Å²) in [5.41, 5.74) is -0.900. The Morgan fingerprint density at radius 1 is 1.12 bits per heavy atom. The van der Waals surface area contributed by atoms with E-state index in [1.54, 1.807) is 32.9 Å². The first-order valence-electron chi connectivity index (χ1n) is 10.2. The maximum atomic E-state index is 14.8. The van der Waals surface area contributed by atoms with Crippen molar-refractivity contribution in [1.82, 2.24) is 10.4 Å². The van der Waals surface area contributed by atoms with Gasteiger partial charge in [0.1, 0.15) is 23.3 Å². The second-order valence-electron chi connectivity index (χ2n) is 8.42. The summed E-state index contributed by atoms with van der Waals surface area (Å²) in [6.07, 6.45) is -0.850. The Hall–Kier alpha value is -3.59. The molecule has 1 N–H and O–H groups in total. The fourth-order valence-electron chi connectivity index (χ4n) is 3.35. The molecule has 0 fully saturated rings. The molecular weight excluding hydrogens is 434 g/mol. The lowest BCUT2D eigenvalue weighted by Crippen LogP contribution is -2.45. The third-order valence-electron chi connectivity index (χ3n) is 4.73. The molecule has 0 aromatic heterocycles. The van der Waals surface area contributed by atoms with Crippen LogP contribution in [0.2, 0.25) is 0 Å². The van der Waals surface area contributed by atoms with Crippen LogP contribution in [-0.4, -0.2) is 34.6 Å². The van der Waals surface area contributed by atoms with Crippen LogP contribution in [-0.2, 0) is 9.57 Å². The number of hydroxylamine groups is 2. The van der Waals surface area contributed by atoms with Crippen LogP contribution in [0.5, 0.6) is 0 Å². The number of hydrogen-bond acceptors (Lipinski definition) is 5. The lowest BCUT2D eigenvalue weighted by Gasteiger charge is -2.31. The van der Waals surface area contributed by atoms with Crippen LogP contribution in [0.25, 0.3) is 0 Å². The number of carbonyl (C=O) groups excluding carboxylic acids is 3. The zero-order valence-electron chi connectivity index (χ0n) is 18.4. The molecule has 0 saturated carbocycles. The minimum atomic E-state index is -1.46. The molecule has 1 heterocycles. The van der Waals surface area contributed by atoms with E-state index in [1.807, 2.05) is 0 Å². The second-order valence-corrected chi connectivity index (χ2v) is 8.42. The predicted molar refractivity (Wildman–Crippen MR) is 115 cm³/mol. The van der Waals surface area contributed by atoms with Gasteiger partial charge in [-0.3, -0.25) is 14.4 Å². The third kappa shape index (κ3) is 5.43. The maximum absolute atomic E-state index is 14.8. The first-order valence-corrected chi connectivity index (χ1v) is 10.2. The van der Waals surface area contributed by atoms with Gasteiger partial charge >= 0.3 is 6.09 Å². The van der Waals surface area contributed by atoms with Gasteiger partial charge in [-0.05, 0) is 57.5 Å². The van der Waals surface area contributed by atoms with E-state index in [1.165, 1.54) is 18.2 Å². The standard InChI is InChI=1S/C24H24F2N2O5/c1-5-8-19(27-23(31)32-24(2,3)4)20(17-13-14(25)11-12-18(17)26)33-28-21(29)15-9-6-7-10-16(15)22(28)30/h5-7,9-13,19-20H,1,8H2,2-4H3,(H,27,31). The highest BCUT2D eigenvalue weighted by Crippen LogP contribution is 2.32. The molecule has 2 aromatic carbocycles. The van der Waals surface area contributed by atoms with E-state index < -0.39 is 47.3 Å². The van der Waals surface area contributed by atoms with Gasteiger partial charge in [0.15, 0.2) is 0 Å². The van der Waals surface area contributed by atoms with Crippen molar-refractivity contribution in [3.8, 4) is 0 Å². The summed E-state index contributed by atoms with van der Waals surface area (Å²) in [6, 6.07) is 7.71. The Morgan fingerprint density at radius 2 is 1.73 bits per heavy atom. The Kier molecular flexibility index (Phi) is 6.92. The van der Waals surface area contributed by atoms with E-state index in [0.29, 0.717) is 5.06 Å². The van der Waals surface area contributed by atoms with Crippen molar-refractivity contribution in [3.05, 3.63) is 83.4 Å². The number of fused-ring (bicyclic) bond motifs is 1. The van der Waals surface area contributed by atoms with E-state index in [9.17, 15) is 23.2 Å². The Balaban J connectivity index is 2.00. The number of imide groups is 1. The summed E-state index contributed by atoms with van der Waals surface area (Å²) in [4.78, 5) is 43.7. The lowest BCUT2D eigenvalue weighted by molar-refractivity contribution is -0.145. The summed E-state index contributed by atoms with van der Waals surface area (Å²) in [7, 11) is 0. The largest absolute Gasteiger partial charge is 0.444 e. The molecule has 1 aliphatic rings. The number of nitrogens with one attached hydrogen (secondary N) is 1. The molecule has 2 aromatic rings. The molecule has 0 aliphatic carbocycles. The summed E-state index contributed by atoms with van der Waals surface area (Å²) >= 11 is 0. The number of benzene rings is 2. The molecule has 3 rings (SSSR count). The van der Waals surface area contributed by atoms with Crippen molar-refractivity contribution in [2.45, 2.75) is 44.9 Å². The van der Waals surface area contributed by atoms with Gasteiger partial charge in [0.2, 0.25) is 0 Å². The number of ether oxygens (including phenoxy) is 1. The molecule has 9 heteroatoms. The lowest BCUT2D eigenvalue weighted by atomic mass is 9.99. The molecule has 3 amide bonds. The zero-order chi connectivity index (χ0) is 24.3. The predicted octanol–water partition coefficient (Wildman–Crippen LogP) is 4.70. The smallest absolute Gasteiger partial charge is 0.407 e. The van der Waals surface area contributed by atoms with Crippen LogP contribution in [0.4, 0.5) is 13.6 Å². The number of halogens is 2. The highest BCUT2D eigenvalue weighted by molar-refractivity contribution is 6.20. The minimum absolute atomic E-state index is 0.0308. The highest BCUT2D eigenvalue weighted by atomic mass is 19.1. The van der Waals surface area contributed by atoms with Crippen molar-refractivity contribution in [2.75, 3.05) is 0 Å². The average Bonchev–Trinajstić information content (AvgIpc) is 2.97. The van der Waals surface area contributed by atoms with Crippen LogP contribution in [0.1, 0.15) is 59.6 Å². The maximum Gasteiger partial charge on any atom is 0.407 e. The van der Waals surface area contributed by atoms with Crippen LogP contribution in [0.15, 0.2) is 55.1 Å². The summed E-state index contributed by atoms with van der Waals surface area (Å²) < 4.78 is 34.0. The van der Waals surface area contributed by atoms with Crippen molar-refractivity contribution in [1.29, 1.82) is 0 Å². The highest BCUT2D eigenvalue weighted by Gasteiger charge is 2.41. The molecule has 174 valence electrons. The molecule has 0 spiro atoms. The Morgan fingerprint density at radius 3 is 2.27 bits per heavy atom. The first-order chi connectivity index (χ1) is 15.5. The number of alkyl carbamates (subject to hydrolysis) is 1. The van der Waals surface area contributed by atoms with Crippen molar-refractivity contribution in [2.24, 2.45) is 0 Å². The quantitative estimate of drug-likeness (QED) is 0.480. The van der Waals surface area contributed by atoms with Crippen LogP contribution < -0.4 is 5.32 Å². The SMILES string of the molecule is C=CCC(NC(=O)OC(C)(C)C)C(ON1C(=O)c2ccccc2C1=O)c1cc(F)ccc1F. The summed E-state index contributed by atoms with van der Waals surface area (Å²) in [5.74, 6) is -3.13. The van der Waals surface area contributed by atoms with Gasteiger partial charge in [-0.15, -0.1) is 11.6 Å². The summed E-state index contributed by atoms with van der Waals surface area (Å²) in [6.45, 7) is 8.61. The molecule has 7 nitrogen and oxygen atoms in total. The third-order valence-corrected chi connectivity index (χ3v) is 4.73. The topological polar surface area (TPSA) is 84.9 Å². The van der Waals surface area contributed by atoms with Crippen molar-refractivity contribution in [3.63, 3.8) is 0 Å². The number of rotatable bonds is 7. The van der Waals surface area contributed by atoms with Crippen LogP contribution in [0.3, 0.4) is 0 Å². The van der Waals surface area contributed by atoms with Gasteiger partial charge in [0.25, 0.3) is 11.8 Å². The zero-order valence-corrected chi connectivity index (χ0v) is 18.4. The van der Waals surface area contributed by atoms with Gasteiger partial charge < -0.3 is 10.1 Å². The normalized spacial score (nSPS) is 15.1. The van der Waals surface area contributed by atoms with Gasteiger partial charge in [0, 0.05) is 5.56 Å². The molecular formula is C24H24F2N2O5. The summed E-state index contributed by atoms with van der Waals surface area (Å²) in [5, 5.41) is 3.04. The number of nitrogens with zero attached hydrogens (tertiary/aromatic N) is 1. The molecule has 0 bridgehead atoms. The molecule has 2 unspecified atom stereocenters. The first kappa shape index (κ1) is 24.1. The molecule has 1 aliphatic heterocycles. The van der Waals surface area contributed by atoms with Gasteiger partial charge in [-0.1, -0.05) is 18.2 Å². The van der Waals surface area contributed by atoms with Crippen molar-refractivity contribution < 1.29 is 32.7 Å². The second kappa shape index (κ2) is 9.50. The average molecular weight is 458 g/mol. The van der Waals surface area contributed by atoms with E-state index in [0.717, 1.165) is 18.2 Å². The van der Waals surface area contributed by atoms with Crippen LogP contribution in [0, 0.1) is 11.6 Å². The van der Waals surface area contributed by atoms with Crippen LogP contribution >= 0.6 is 0 Å². The molecule has 0 radical (unpaired) electrons. The van der Waals surface area contributed by atoms with Gasteiger partial charge in [-0.25, -0.2) is 13.6 Å². The number of carbonyl (C=O) groups is 3. The Labute approximate surface area is 189 Å². The van der Waals surface area contributed by atoms with E-state index >= 15 is 0 Å². The fourth-order valence-corrected chi connectivity index (χ4v) is 3.35. The fraction of sp³-hybridized carbons (Fsp3) is 0.292. The van der Waals surface area contributed by atoms with Gasteiger partial charge in [-0.2, -0.15) is 0 Å². The number of amides is 3. The van der Waals surface area contributed by atoms with E-state index in [4.69, 9.17) is 9.57 Å². The van der Waals surface area contributed by atoms with E-state index in [2.05, 4.69) is 11.9 Å². The monoisotopic (exact) mass is 458 g/mol. The minimum Gasteiger partial charge on any atom is -0.444 e. The molecule has 0 saturated heterocycles. The van der Waals surface area contributed by atoms with Gasteiger partial charge in [0.05, 0.1) is 17.2 Å². The molecule has 33 heavy (non-hydrogen) atoms. The van der Waals surface area contributed by atoms with E-state index in [-0.39, 0.29) is 23.1 Å². The van der Waals surface area contributed by atoms with Crippen molar-refractivity contribution >= 4 is 17.9 Å². The molecule has 2 atom stereocenters. The number of hydrogen-bond donors (Lipinski definition) is 1.